The highest BCUT2D eigenvalue weighted by atomic mass is 35.5. The van der Waals surface area contributed by atoms with E-state index in [1.807, 2.05) is 60.7 Å². The van der Waals surface area contributed by atoms with Gasteiger partial charge in [-0.15, -0.1) is 5.10 Å². The fourth-order valence-corrected chi connectivity index (χ4v) is 4.03. The summed E-state index contributed by atoms with van der Waals surface area (Å²) >= 11 is 7.25. The van der Waals surface area contributed by atoms with Crippen LogP contribution in [0, 0.1) is 0 Å². The molecule has 1 aromatic heterocycles. The molecule has 0 radical (unpaired) electrons. The highest BCUT2D eigenvalue weighted by Gasteiger charge is 2.25. The number of carbonyl (C=O) groups excluding carboxylic acids is 1. The molecule has 0 aliphatic rings. The van der Waals surface area contributed by atoms with Crippen LogP contribution in [-0.4, -0.2) is 33.2 Å². The lowest BCUT2D eigenvalue weighted by Crippen LogP contribution is -2.19. The topological polar surface area (TPSA) is 81.9 Å². The quantitative estimate of drug-likeness (QED) is 0.406. The predicted octanol–water partition coefficient (Wildman–Crippen LogP) is 4.80. The molecule has 4 rings (SSSR count). The Morgan fingerprint density at radius 1 is 1.06 bits per heavy atom. The third-order valence-electron chi connectivity index (χ3n) is 4.41. The van der Waals surface area contributed by atoms with Gasteiger partial charge in [-0.05, 0) is 52.4 Å². The number of nitrogens with zero attached hydrogens (tertiary/aromatic N) is 4. The van der Waals surface area contributed by atoms with Gasteiger partial charge in [-0.3, -0.25) is 4.79 Å². The van der Waals surface area contributed by atoms with E-state index in [0.717, 1.165) is 11.3 Å². The molecule has 0 saturated carbocycles. The van der Waals surface area contributed by atoms with Gasteiger partial charge in [-0.2, -0.15) is 4.68 Å². The van der Waals surface area contributed by atoms with E-state index in [2.05, 4.69) is 20.8 Å². The number of hydrogen-bond acceptors (Lipinski definition) is 6. The Morgan fingerprint density at radius 2 is 1.84 bits per heavy atom. The first-order valence-electron chi connectivity index (χ1n) is 9.35. The second-order valence-electron chi connectivity index (χ2n) is 6.48. The van der Waals surface area contributed by atoms with E-state index in [1.165, 1.54) is 11.8 Å². The number of tetrazole rings is 1. The molecule has 1 unspecified atom stereocenters. The number of halogens is 1. The molecule has 31 heavy (non-hydrogen) atoms. The third kappa shape index (κ3) is 5.04. The number of carbonyl (C=O) groups is 1. The number of aromatic nitrogens is 4. The number of ether oxygens (including phenoxy) is 1. The normalized spacial score (nSPS) is 11.7. The molecule has 0 saturated heterocycles. The van der Waals surface area contributed by atoms with Crippen molar-refractivity contribution < 1.29 is 9.53 Å². The van der Waals surface area contributed by atoms with Gasteiger partial charge < -0.3 is 10.1 Å². The summed E-state index contributed by atoms with van der Waals surface area (Å²) in [5.74, 6) is 0.462. The minimum Gasteiger partial charge on any atom is -0.497 e. The number of methoxy groups -OCH3 is 1. The smallest absolute Gasteiger partial charge is 0.242 e. The Kier molecular flexibility index (Phi) is 6.49. The molecule has 1 heterocycles. The molecule has 3 aromatic carbocycles. The number of thioether (sulfide) groups is 1. The zero-order valence-electron chi connectivity index (χ0n) is 16.5. The Hall–Kier alpha value is -3.36. The molecule has 0 aliphatic heterocycles. The van der Waals surface area contributed by atoms with Crippen LogP contribution in [0.4, 0.5) is 5.69 Å². The Morgan fingerprint density at radius 3 is 2.58 bits per heavy atom. The van der Waals surface area contributed by atoms with Crippen molar-refractivity contribution in [1.29, 1.82) is 0 Å². The van der Waals surface area contributed by atoms with Crippen LogP contribution in [0.25, 0.3) is 5.69 Å². The van der Waals surface area contributed by atoms with Gasteiger partial charge in [0.25, 0.3) is 0 Å². The van der Waals surface area contributed by atoms with Crippen LogP contribution in [0.1, 0.15) is 10.8 Å². The van der Waals surface area contributed by atoms with Crippen LogP contribution in [-0.2, 0) is 4.79 Å². The summed E-state index contributed by atoms with van der Waals surface area (Å²) in [5, 5.41) is 15.5. The minimum absolute atomic E-state index is 0.199. The molecular formula is C22H18ClN5O2S. The number of benzene rings is 3. The molecule has 4 aromatic rings. The Labute approximate surface area is 188 Å². The van der Waals surface area contributed by atoms with Gasteiger partial charge in [-0.1, -0.05) is 59.8 Å². The monoisotopic (exact) mass is 451 g/mol. The predicted molar refractivity (Wildman–Crippen MR) is 121 cm³/mol. The number of nitrogens with one attached hydrogen (secondary N) is 1. The first-order valence-corrected chi connectivity index (χ1v) is 10.6. The van der Waals surface area contributed by atoms with Crippen LogP contribution in [0.3, 0.4) is 0 Å². The van der Waals surface area contributed by atoms with Crippen LogP contribution < -0.4 is 10.1 Å². The maximum absolute atomic E-state index is 13.3. The zero-order valence-corrected chi connectivity index (χ0v) is 18.0. The van der Waals surface area contributed by atoms with E-state index in [-0.39, 0.29) is 5.91 Å². The molecule has 9 heteroatoms. The summed E-state index contributed by atoms with van der Waals surface area (Å²) in [6.07, 6.45) is 0. The lowest BCUT2D eigenvalue weighted by molar-refractivity contribution is -0.115. The molecular weight excluding hydrogens is 434 g/mol. The molecule has 156 valence electrons. The maximum Gasteiger partial charge on any atom is 0.242 e. The summed E-state index contributed by atoms with van der Waals surface area (Å²) in [6.45, 7) is 0. The fraction of sp³-hybridized carbons (Fsp3) is 0.0909. The van der Waals surface area contributed by atoms with Crippen LogP contribution in [0.2, 0.25) is 5.02 Å². The highest BCUT2D eigenvalue weighted by molar-refractivity contribution is 8.00. The summed E-state index contributed by atoms with van der Waals surface area (Å²) in [4.78, 5) is 13.3. The van der Waals surface area contributed by atoms with E-state index in [1.54, 1.807) is 30.0 Å². The van der Waals surface area contributed by atoms with Crippen molar-refractivity contribution in [3.05, 3.63) is 89.4 Å². The Balaban J connectivity index is 1.63. The number of rotatable bonds is 7. The molecule has 7 nitrogen and oxygen atoms in total. The van der Waals surface area contributed by atoms with Gasteiger partial charge >= 0.3 is 0 Å². The molecule has 0 bridgehead atoms. The largest absolute Gasteiger partial charge is 0.497 e. The average molecular weight is 452 g/mol. The van der Waals surface area contributed by atoms with Gasteiger partial charge in [0.2, 0.25) is 11.1 Å². The molecule has 1 atom stereocenters. The lowest BCUT2D eigenvalue weighted by atomic mass is 10.1. The SMILES string of the molecule is COc1cccc(NC(=O)C(Sc2nnnn2-c2ccc(Cl)cc2)c2ccccc2)c1. The van der Waals surface area contributed by atoms with E-state index < -0.39 is 5.25 Å². The van der Waals surface area contributed by atoms with Gasteiger partial charge in [0.15, 0.2) is 0 Å². The number of anilines is 1. The molecule has 0 fully saturated rings. The first kappa shape index (κ1) is 20.9. The fourth-order valence-electron chi connectivity index (χ4n) is 2.91. The standard InChI is InChI=1S/C22H18ClN5O2S/c1-30-19-9-5-8-17(14-19)24-21(29)20(15-6-3-2-4-7-15)31-22-25-26-27-28(22)18-12-10-16(23)11-13-18/h2-14,20H,1H3,(H,24,29). The second-order valence-corrected chi connectivity index (χ2v) is 7.99. The third-order valence-corrected chi connectivity index (χ3v) is 5.85. The van der Waals surface area contributed by atoms with Crippen molar-refractivity contribution in [1.82, 2.24) is 20.2 Å². The zero-order chi connectivity index (χ0) is 21.6. The second kappa shape index (κ2) is 9.63. The van der Waals surface area contributed by atoms with Crippen LogP contribution in [0.15, 0.2) is 84.0 Å². The van der Waals surface area contributed by atoms with Gasteiger partial charge in [0, 0.05) is 16.8 Å². The summed E-state index contributed by atoms with van der Waals surface area (Å²) in [7, 11) is 1.58. The van der Waals surface area contributed by atoms with Crippen molar-refractivity contribution in [2.75, 3.05) is 12.4 Å². The molecule has 1 N–H and O–H groups in total. The van der Waals surface area contributed by atoms with E-state index in [4.69, 9.17) is 16.3 Å². The lowest BCUT2D eigenvalue weighted by Gasteiger charge is -2.17. The van der Waals surface area contributed by atoms with E-state index in [0.29, 0.717) is 21.6 Å². The van der Waals surface area contributed by atoms with Crippen LogP contribution in [0.5, 0.6) is 5.75 Å². The summed E-state index contributed by atoms with van der Waals surface area (Å²) in [5.41, 5.74) is 2.22. The van der Waals surface area contributed by atoms with E-state index >= 15 is 0 Å². The average Bonchev–Trinajstić information content (AvgIpc) is 3.27. The molecule has 1 amide bonds. The van der Waals surface area contributed by atoms with Crippen molar-refractivity contribution in [2.45, 2.75) is 10.4 Å². The first-order chi connectivity index (χ1) is 15.1. The number of hydrogen-bond donors (Lipinski definition) is 1. The van der Waals surface area contributed by atoms with Crippen LogP contribution >= 0.6 is 23.4 Å². The van der Waals surface area contributed by atoms with Crippen molar-refractivity contribution in [3.63, 3.8) is 0 Å². The minimum atomic E-state index is -0.579. The van der Waals surface area contributed by atoms with Crippen molar-refractivity contribution in [2.24, 2.45) is 0 Å². The number of amides is 1. The highest BCUT2D eigenvalue weighted by Crippen LogP contribution is 2.36. The summed E-state index contributed by atoms with van der Waals surface area (Å²) in [6, 6.07) is 23.9. The van der Waals surface area contributed by atoms with Crippen molar-refractivity contribution >= 4 is 35.0 Å². The summed E-state index contributed by atoms with van der Waals surface area (Å²) < 4.78 is 6.82. The molecule has 0 aliphatic carbocycles. The van der Waals surface area contributed by atoms with Gasteiger partial charge in [0.1, 0.15) is 11.0 Å². The Bertz CT molecular complexity index is 1170. The van der Waals surface area contributed by atoms with Crippen molar-refractivity contribution in [3.8, 4) is 11.4 Å². The molecule has 0 spiro atoms. The van der Waals surface area contributed by atoms with Gasteiger partial charge in [0.05, 0.1) is 12.8 Å². The van der Waals surface area contributed by atoms with E-state index in [9.17, 15) is 4.79 Å². The van der Waals surface area contributed by atoms with Gasteiger partial charge in [-0.25, -0.2) is 0 Å². The maximum atomic E-state index is 13.3.